The lowest BCUT2D eigenvalue weighted by molar-refractivity contribution is 0.0600. The lowest BCUT2D eigenvalue weighted by Gasteiger charge is -2.08. The van der Waals surface area contributed by atoms with Gasteiger partial charge in [0.2, 0.25) is 0 Å². The summed E-state index contributed by atoms with van der Waals surface area (Å²) >= 11 is 0. The predicted molar refractivity (Wildman–Crippen MR) is 86.6 cm³/mol. The summed E-state index contributed by atoms with van der Waals surface area (Å²) in [6, 6.07) is 12.9. The zero-order valence-corrected chi connectivity index (χ0v) is 12.5. The van der Waals surface area contributed by atoms with Crippen LogP contribution in [0, 0.1) is 0 Å². The van der Waals surface area contributed by atoms with Gasteiger partial charge in [-0.3, -0.25) is 9.20 Å². The molecule has 1 N–H and O–H groups in total. The molecule has 0 aliphatic rings. The minimum Gasteiger partial charge on any atom is -0.465 e. The number of hydrogen-bond acceptors (Lipinski definition) is 5. The third kappa shape index (κ3) is 3.06. The van der Waals surface area contributed by atoms with Gasteiger partial charge in [-0.2, -0.15) is 0 Å². The van der Waals surface area contributed by atoms with E-state index in [-0.39, 0.29) is 5.56 Å². The zero-order chi connectivity index (χ0) is 16.2. The Morgan fingerprint density at radius 2 is 2.00 bits per heavy atom. The molecule has 0 aliphatic heterocycles. The number of benzene rings is 1. The average molecular weight is 309 g/mol. The minimum atomic E-state index is -0.499. The number of carbonyl (C=O) groups excluding carboxylic acids is 1. The molecule has 0 spiro atoms. The molecule has 116 valence electrons. The summed E-state index contributed by atoms with van der Waals surface area (Å²) in [5.41, 5.74) is 1.92. The van der Waals surface area contributed by atoms with Crippen LogP contribution in [0.3, 0.4) is 0 Å². The van der Waals surface area contributed by atoms with Gasteiger partial charge in [0.05, 0.1) is 18.9 Å². The van der Waals surface area contributed by atoms with Crippen molar-refractivity contribution in [2.45, 2.75) is 6.54 Å². The topological polar surface area (TPSA) is 72.7 Å². The molecule has 1 aromatic carbocycles. The maximum absolute atomic E-state index is 12.5. The third-order valence-corrected chi connectivity index (χ3v) is 3.45. The number of pyridine rings is 1. The fourth-order valence-electron chi connectivity index (χ4n) is 2.23. The van der Waals surface area contributed by atoms with Gasteiger partial charge < -0.3 is 10.1 Å². The first-order valence-electron chi connectivity index (χ1n) is 7.06. The highest BCUT2D eigenvalue weighted by molar-refractivity contribution is 5.89. The number of methoxy groups -OCH3 is 1. The van der Waals surface area contributed by atoms with Crippen molar-refractivity contribution in [3.8, 4) is 0 Å². The standard InChI is InChI=1S/C17H15N3O3/c1-23-17(22)13-7-8-15-19-10-14(16(21)20(15)11-13)18-9-12-5-3-2-4-6-12/h2-8,10-11,18H,9H2,1H3. The number of nitrogens with zero attached hydrogens (tertiary/aromatic N) is 2. The van der Waals surface area contributed by atoms with Gasteiger partial charge in [-0.05, 0) is 17.7 Å². The number of nitrogens with one attached hydrogen (secondary N) is 1. The summed E-state index contributed by atoms with van der Waals surface area (Å²) in [6.45, 7) is 0.514. The average Bonchev–Trinajstić information content (AvgIpc) is 2.61. The number of ether oxygens (including phenoxy) is 1. The van der Waals surface area contributed by atoms with Gasteiger partial charge in [-0.25, -0.2) is 9.78 Å². The number of anilines is 1. The van der Waals surface area contributed by atoms with Crippen LogP contribution in [0.15, 0.2) is 59.7 Å². The van der Waals surface area contributed by atoms with Gasteiger partial charge in [-0.1, -0.05) is 30.3 Å². The van der Waals surface area contributed by atoms with E-state index >= 15 is 0 Å². The van der Waals surface area contributed by atoms with Crippen LogP contribution in [0.4, 0.5) is 5.69 Å². The summed E-state index contributed by atoms with van der Waals surface area (Å²) in [5, 5.41) is 3.07. The maximum atomic E-state index is 12.5. The van der Waals surface area contributed by atoms with Crippen molar-refractivity contribution in [1.82, 2.24) is 9.38 Å². The van der Waals surface area contributed by atoms with Crippen molar-refractivity contribution >= 4 is 17.3 Å². The Balaban J connectivity index is 1.94. The van der Waals surface area contributed by atoms with Crippen molar-refractivity contribution < 1.29 is 9.53 Å². The molecule has 0 atom stereocenters. The molecule has 0 saturated carbocycles. The van der Waals surface area contributed by atoms with Gasteiger partial charge in [0.25, 0.3) is 5.56 Å². The number of rotatable bonds is 4. The molecule has 2 aromatic heterocycles. The molecule has 0 fully saturated rings. The van der Waals surface area contributed by atoms with Crippen molar-refractivity contribution in [3.05, 3.63) is 76.3 Å². The van der Waals surface area contributed by atoms with E-state index in [1.54, 1.807) is 12.1 Å². The van der Waals surface area contributed by atoms with E-state index in [0.29, 0.717) is 23.4 Å². The van der Waals surface area contributed by atoms with Gasteiger partial charge >= 0.3 is 5.97 Å². The molecule has 0 saturated heterocycles. The Kier molecular flexibility index (Phi) is 4.05. The van der Waals surface area contributed by atoms with Crippen LogP contribution in [0.1, 0.15) is 15.9 Å². The van der Waals surface area contributed by atoms with E-state index in [0.717, 1.165) is 5.56 Å². The molecular weight excluding hydrogens is 294 g/mol. The van der Waals surface area contributed by atoms with E-state index in [4.69, 9.17) is 0 Å². The van der Waals surface area contributed by atoms with Crippen LogP contribution in [0.2, 0.25) is 0 Å². The number of carbonyl (C=O) groups is 1. The Labute approximate surface area is 132 Å². The molecule has 0 unspecified atom stereocenters. The minimum absolute atomic E-state index is 0.267. The van der Waals surface area contributed by atoms with Crippen LogP contribution in [0.25, 0.3) is 5.65 Å². The SMILES string of the molecule is COC(=O)c1ccc2ncc(NCc3ccccc3)c(=O)n2c1. The van der Waals surface area contributed by atoms with Crippen molar-refractivity contribution in [2.24, 2.45) is 0 Å². The van der Waals surface area contributed by atoms with Crippen LogP contribution in [0.5, 0.6) is 0 Å². The first-order valence-corrected chi connectivity index (χ1v) is 7.06. The van der Waals surface area contributed by atoms with Crippen LogP contribution in [-0.4, -0.2) is 22.5 Å². The van der Waals surface area contributed by atoms with Crippen LogP contribution in [-0.2, 0) is 11.3 Å². The monoisotopic (exact) mass is 309 g/mol. The number of aromatic nitrogens is 2. The lowest BCUT2D eigenvalue weighted by atomic mass is 10.2. The zero-order valence-electron chi connectivity index (χ0n) is 12.5. The van der Waals surface area contributed by atoms with Crippen molar-refractivity contribution in [2.75, 3.05) is 12.4 Å². The Morgan fingerprint density at radius 3 is 2.74 bits per heavy atom. The smallest absolute Gasteiger partial charge is 0.339 e. The molecule has 0 amide bonds. The molecule has 0 radical (unpaired) electrons. The predicted octanol–water partition coefficient (Wildman–Crippen LogP) is 2.09. The van der Waals surface area contributed by atoms with Gasteiger partial charge in [0.15, 0.2) is 0 Å². The molecule has 3 aromatic rings. The second kappa shape index (κ2) is 6.31. The Morgan fingerprint density at radius 1 is 1.22 bits per heavy atom. The molecule has 6 nitrogen and oxygen atoms in total. The fourth-order valence-corrected chi connectivity index (χ4v) is 2.23. The second-order valence-corrected chi connectivity index (χ2v) is 4.95. The first kappa shape index (κ1) is 14.8. The molecule has 6 heteroatoms. The van der Waals surface area contributed by atoms with E-state index in [9.17, 15) is 9.59 Å². The second-order valence-electron chi connectivity index (χ2n) is 4.95. The Hall–Kier alpha value is -3.15. The normalized spacial score (nSPS) is 10.5. The van der Waals surface area contributed by atoms with E-state index in [1.165, 1.54) is 23.9 Å². The van der Waals surface area contributed by atoms with E-state index < -0.39 is 5.97 Å². The van der Waals surface area contributed by atoms with E-state index in [2.05, 4.69) is 15.0 Å². The molecule has 2 heterocycles. The van der Waals surface area contributed by atoms with Crippen molar-refractivity contribution in [3.63, 3.8) is 0 Å². The highest BCUT2D eigenvalue weighted by Crippen LogP contribution is 2.08. The number of esters is 1. The maximum Gasteiger partial charge on any atom is 0.339 e. The summed E-state index contributed by atoms with van der Waals surface area (Å²) in [7, 11) is 1.30. The number of hydrogen-bond donors (Lipinski definition) is 1. The highest BCUT2D eigenvalue weighted by Gasteiger charge is 2.09. The van der Waals surface area contributed by atoms with Crippen molar-refractivity contribution in [1.29, 1.82) is 0 Å². The number of fused-ring (bicyclic) bond motifs is 1. The Bertz CT molecular complexity index is 904. The lowest BCUT2D eigenvalue weighted by Crippen LogP contribution is -2.20. The quantitative estimate of drug-likeness (QED) is 0.747. The summed E-state index contributed by atoms with van der Waals surface area (Å²) < 4.78 is 6.00. The molecule has 3 rings (SSSR count). The van der Waals surface area contributed by atoms with Gasteiger partial charge in [0, 0.05) is 12.7 Å². The van der Waals surface area contributed by atoms with E-state index in [1.807, 2.05) is 30.3 Å². The molecule has 0 aliphatic carbocycles. The van der Waals surface area contributed by atoms with Gasteiger partial charge in [-0.15, -0.1) is 0 Å². The highest BCUT2D eigenvalue weighted by atomic mass is 16.5. The summed E-state index contributed by atoms with van der Waals surface area (Å²) in [5.74, 6) is -0.499. The van der Waals surface area contributed by atoms with Crippen LogP contribution >= 0.6 is 0 Å². The molecule has 0 bridgehead atoms. The first-order chi connectivity index (χ1) is 11.2. The third-order valence-electron chi connectivity index (χ3n) is 3.45. The van der Waals surface area contributed by atoms with Crippen LogP contribution < -0.4 is 10.9 Å². The molecular formula is C17H15N3O3. The summed E-state index contributed by atoms with van der Waals surface area (Å²) in [6.07, 6.45) is 2.93. The fraction of sp³-hybridized carbons (Fsp3) is 0.118. The summed E-state index contributed by atoms with van der Waals surface area (Å²) in [4.78, 5) is 28.3. The molecule has 23 heavy (non-hydrogen) atoms. The largest absolute Gasteiger partial charge is 0.465 e. The van der Waals surface area contributed by atoms with Gasteiger partial charge in [0.1, 0.15) is 11.3 Å².